The summed E-state index contributed by atoms with van der Waals surface area (Å²) in [7, 11) is 1.52. The van der Waals surface area contributed by atoms with E-state index in [1.165, 1.54) is 7.11 Å². The predicted octanol–water partition coefficient (Wildman–Crippen LogP) is 4.59. The Morgan fingerprint density at radius 2 is 1.68 bits per heavy atom. The third kappa shape index (κ3) is 4.97. The van der Waals surface area contributed by atoms with E-state index in [1.54, 1.807) is 42.5 Å². The van der Waals surface area contributed by atoms with Crippen molar-refractivity contribution in [3.63, 3.8) is 0 Å². The molecule has 132 valence electrons. The van der Waals surface area contributed by atoms with Crippen molar-refractivity contribution in [1.29, 1.82) is 0 Å². The molecule has 0 bridgehead atoms. The largest absolute Gasteiger partial charge is 0.495 e. The fourth-order valence-corrected chi connectivity index (χ4v) is 2.26. The average Bonchev–Trinajstić information content (AvgIpc) is 2.54. The Morgan fingerprint density at radius 1 is 1.00 bits per heavy atom. The van der Waals surface area contributed by atoms with Gasteiger partial charge in [0.15, 0.2) is 0 Å². The Labute approximate surface area is 152 Å². The molecule has 0 saturated carbocycles. The highest BCUT2D eigenvalue weighted by atomic mass is 35.5. The highest BCUT2D eigenvalue weighted by molar-refractivity contribution is 6.32. The van der Waals surface area contributed by atoms with Gasteiger partial charge in [0.2, 0.25) is 5.91 Å². The molecule has 2 N–H and O–H groups in total. The van der Waals surface area contributed by atoms with Crippen LogP contribution < -0.4 is 15.4 Å². The number of anilines is 2. The van der Waals surface area contributed by atoms with Crippen LogP contribution in [0.2, 0.25) is 5.02 Å². The second-order valence-electron chi connectivity index (χ2n) is 6.59. The predicted molar refractivity (Wildman–Crippen MR) is 100 cm³/mol. The molecule has 0 aromatic heterocycles. The maximum absolute atomic E-state index is 12.4. The van der Waals surface area contributed by atoms with E-state index in [0.717, 1.165) is 0 Å². The molecule has 0 radical (unpaired) electrons. The van der Waals surface area contributed by atoms with Gasteiger partial charge in [-0.2, -0.15) is 0 Å². The molecule has 0 aliphatic rings. The van der Waals surface area contributed by atoms with E-state index in [1.807, 2.05) is 20.8 Å². The summed E-state index contributed by atoms with van der Waals surface area (Å²) in [5.74, 6) is 0.117. The maximum Gasteiger partial charge on any atom is 0.255 e. The first-order valence-electron chi connectivity index (χ1n) is 7.77. The van der Waals surface area contributed by atoms with Crippen molar-refractivity contribution in [3.05, 3.63) is 53.1 Å². The lowest BCUT2D eigenvalue weighted by Gasteiger charge is -2.18. The van der Waals surface area contributed by atoms with Crippen molar-refractivity contribution < 1.29 is 14.3 Å². The van der Waals surface area contributed by atoms with Gasteiger partial charge < -0.3 is 15.4 Å². The van der Waals surface area contributed by atoms with Crippen LogP contribution >= 0.6 is 11.6 Å². The van der Waals surface area contributed by atoms with Gasteiger partial charge >= 0.3 is 0 Å². The molecule has 0 aliphatic carbocycles. The van der Waals surface area contributed by atoms with Crippen molar-refractivity contribution in [1.82, 2.24) is 0 Å². The molecule has 0 unspecified atom stereocenters. The fourth-order valence-electron chi connectivity index (χ4n) is 2.00. The standard InChI is InChI=1S/C19H21ClN2O3/c1-19(2,3)18(24)22-13-7-5-6-12(10-13)17(23)21-14-8-9-16(25-4)15(20)11-14/h5-11H,1-4H3,(H,21,23)(H,22,24). The highest BCUT2D eigenvalue weighted by Crippen LogP contribution is 2.27. The summed E-state index contributed by atoms with van der Waals surface area (Å²) in [6.45, 7) is 5.48. The van der Waals surface area contributed by atoms with Crippen LogP contribution in [0.15, 0.2) is 42.5 Å². The molecule has 2 amide bonds. The number of rotatable bonds is 4. The van der Waals surface area contributed by atoms with Crippen molar-refractivity contribution in [3.8, 4) is 5.75 Å². The fraction of sp³-hybridized carbons (Fsp3) is 0.263. The summed E-state index contributed by atoms with van der Waals surface area (Å²) in [6.07, 6.45) is 0. The molecule has 0 fully saturated rings. The van der Waals surface area contributed by atoms with E-state index >= 15 is 0 Å². The number of carbonyl (C=O) groups excluding carboxylic acids is 2. The van der Waals surface area contributed by atoms with Crippen LogP contribution in [0.25, 0.3) is 0 Å². The van der Waals surface area contributed by atoms with Gasteiger partial charge in [0.25, 0.3) is 5.91 Å². The summed E-state index contributed by atoms with van der Waals surface area (Å²) in [4.78, 5) is 24.5. The molecule has 5 nitrogen and oxygen atoms in total. The molecule has 0 saturated heterocycles. The third-order valence-electron chi connectivity index (χ3n) is 3.47. The number of carbonyl (C=O) groups is 2. The minimum Gasteiger partial charge on any atom is -0.495 e. The summed E-state index contributed by atoms with van der Waals surface area (Å²) in [6, 6.07) is 11.8. The lowest BCUT2D eigenvalue weighted by Crippen LogP contribution is -2.27. The van der Waals surface area contributed by atoms with Crippen LogP contribution in [0.3, 0.4) is 0 Å². The van der Waals surface area contributed by atoms with Crippen molar-refractivity contribution in [2.75, 3.05) is 17.7 Å². The van der Waals surface area contributed by atoms with Gasteiger partial charge in [-0.3, -0.25) is 9.59 Å². The van der Waals surface area contributed by atoms with Crippen LogP contribution in [-0.4, -0.2) is 18.9 Å². The first-order chi connectivity index (χ1) is 11.7. The number of hydrogen-bond acceptors (Lipinski definition) is 3. The van der Waals surface area contributed by atoms with Crippen LogP contribution in [0.1, 0.15) is 31.1 Å². The number of nitrogens with one attached hydrogen (secondary N) is 2. The third-order valence-corrected chi connectivity index (χ3v) is 3.77. The number of benzene rings is 2. The van der Waals surface area contributed by atoms with Gasteiger partial charge in [-0.1, -0.05) is 38.4 Å². The number of halogens is 1. The lowest BCUT2D eigenvalue weighted by molar-refractivity contribution is -0.123. The molecular formula is C19H21ClN2O3. The Hall–Kier alpha value is -2.53. The molecule has 6 heteroatoms. The topological polar surface area (TPSA) is 67.4 Å². The van der Waals surface area contributed by atoms with E-state index in [-0.39, 0.29) is 11.8 Å². The van der Waals surface area contributed by atoms with Crippen LogP contribution in [-0.2, 0) is 4.79 Å². The van der Waals surface area contributed by atoms with Gasteiger partial charge in [0, 0.05) is 22.4 Å². The first-order valence-corrected chi connectivity index (χ1v) is 8.15. The quantitative estimate of drug-likeness (QED) is 0.838. The maximum atomic E-state index is 12.4. The zero-order valence-corrected chi connectivity index (χ0v) is 15.4. The molecule has 0 heterocycles. The molecule has 2 aromatic carbocycles. The second-order valence-corrected chi connectivity index (χ2v) is 7.00. The van der Waals surface area contributed by atoms with E-state index in [9.17, 15) is 9.59 Å². The van der Waals surface area contributed by atoms with Gasteiger partial charge in [-0.05, 0) is 36.4 Å². The van der Waals surface area contributed by atoms with Crippen LogP contribution in [0.4, 0.5) is 11.4 Å². The minimum absolute atomic E-state index is 0.119. The van der Waals surface area contributed by atoms with Gasteiger partial charge in [-0.15, -0.1) is 0 Å². The summed E-state index contributed by atoms with van der Waals surface area (Å²) in [5.41, 5.74) is 1.04. The summed E-state index contributed by atoms with van der Waals surface area (Å²) < 4.78 is 5.08. The molecule has 0 atom stereocenters. The Kier molecular flexibility index (Phi) is 5.69. The zero-order chi connectivity index (χ0) is 18.6. The van der Waals surface area contributed by atoms with E-state index < -0.39 is 5.41 Å². The lowest BCUT2D eigenvalue weighted by atomic mass is 9.95. The van der Waals surface area contributed by atoms with E-state index in [0.29, 0.717) is 27.7 Å². The van der Waals surface area contributed by atoms with Crippen molar-refractivity contribution in [2.45, 2.75) is 20.8 Å². The molecule has 2 aromatic rings. The smallest absolute Gasteiger partial charge is 0.255 e. The highest BCUT2D eigenvalue weighted by Gasteiger charge is 2.21. The minimum atomic E-state index is -0.516. The van der Waals surface area contributed by atoms with Gasteiger partial charge in [0.05, 0.1) is 12.1 Å². The molecule has 0 aliphatic heterocycles. The number of hydrogen-bond donors (Lipinski definition) is 2. The van der Waals surface area contributed by atoms with Crippen LogP contribution in [0.5, 0.6) is 5.75 Å². The summed E-state index contributed by atoms with van der Waals surface area (Å²) >= 11 is 6.06. The normalized spacial score (nSPS) is 10.9. The van der Waals surface area contributed by atoms with Crippen molar-refractivity contribution in [2.24, 2.45) is 5.41 Å². The van der Waals surface area contributed by atoms with E-state index in [2.05, 4.69) is 10.6 Å². The monoisotopic (exact) mass is 360 g/mol. The van der Waals surface area contributed by atoms with Crippen molar-refractivity contribution >= 4 is 34.8 Å². The SMILES string of the molecule is COc1ccc(NC(=O)c2cccc(NC(=O)C(C)(C)C)c2)cc1Cl. The zero-order valence-electron chi connectivity index (χ0n) is 14.6. The first kappa shape index (κ1) is 18.8. The number of ether oxygens (including phenoxy) is 1. The number of amides is 2. The Balaban J connectivity index is 2.13. The molecule has 25 heavy (non-hydrogen) atoms. The van der Waals surface area contributed by atoms with Gasteiger partial charge in [-0.25, -0.2) is 0 Å². The Morgan fingerprint density at radius 3 is 2.28 bits per heavy atom. The average molecular weight is 361 g/mol. The van der Waals surface area contributed by atoms with Gasteiger partial charge in [0.1, 0.15) is 5.75 Å². The second kappa shape index (κ2) is 7.57. The number of methoxy groups -OCH3 is 1. The Bertz CT molecular complexity index is 797. The molecular weight excluding hydrogens is 340 g/mol. The van der Waals surface area contributed by atoms with E-state index in [4.69, 9.17) is 16.3 Å². The van der Waals surface area contributed by atoms with Crippen LogP contribution in [0, 0.1) is 5.41 Å². The molecule has 0 spiro atoms. The summed E-state index contributed by atoms with van der Waals surface area (Å²) in [5, 5.41) is 5.99. The molecule has 2 rings (SSSR count).